The van der Waals surface area contributed by atoms with Crippen LogP contribution in [0.3, 0.4) is 0 Å². The lowest BCUT2D eigenvalue weighted by Crippen LogP contribution is -2.36. The molecule has 1 aromatic rings. The van der Waals surface area contributed by atoms with Crippen molar-refractivity contribution in [2.75, 3.05) is 26.8 Å². The number of halogens is 1. The lowest BCUT2D eigenvalue weighted by Gasteiger charge is -2.14. The minimum absolute atomic E-state index is 0.0408. The Morgan fingerprint density at radius 3 is 2.94 bits per heavy atom. The average Bonchev–Trinajstić information content (AvgIpc) is 2.36. The van der Waals surface area contributed by atoms with E-state index in [9.17, 15) is 4.79 Å². The van der Waals surface area contributed by atoms with E-state index >= 15 is 0 Å². The summed E-state index contributed by atoms with van der Waals surface area (Å²) in [5.74, 6) is -0.0408. The summed E-state index contributed by atoms with van der Waals surface area (Å²) < 4.78 is 4.85. The standard InChI is InChI=1S/C13H19ClN2O2/c1-10(11-4-3-5-12(14)8-11)16-9-13(17)15-6-7-18-2/h3-5,8,10,16H,6-7,9H2,1-2H3,(H,15,17). The highest BCUT2D eigenvalue weighted by Crippen LogP contribution is 2.16. The quantitative estimate of drug-likeness (QED) is 0.743. The van der Waals surface area contributed by atoms with Crippen molar-refractivity contribution >= 4 is 17.5 Å². The lowest BCUT2D eigenvalue weighted by molar-refractivity contribution is -0.120. The molecule has 100 valence electrons. The number of benzene rings is 1. The second-order valence-electron chi connectivity index (χ2n) is 4.00. The van der Waals surface area contributed by atoms with Crippen molar-refractivity contribution in [1.82, 2.24) is 10.6 Å². The first-order chi connectivity index (χ1) is 8.63. The Balaban J connectivity index is 2.32. The van der Waals surface area contributed by atoms with Crippen molar-refractivity contribution in [3.63, 3.8) is 0 Å². The zero-order valence-electron chi connectivity index (χ0n) is 10.7. The number of carbonyl (C=O) groups excluding carboxylic acids is 1. The van der Waals surface area contributed by atoms with Crippen LogP contribution in [0.2, 0.25) is 5.02 Å². The molecule has 5 heteroatoms. The molecular weight excluding hydrogens is 252 g/mol. The Morgan fingerprint density at radius 2 is 2.28 bits per heavy atom. The summed E-state index contributed by atoms with van der Waals surface area (Å²) in [5, 5.41) is 6.59. The van der Waals surface area contributed by atoms with Gasteiger partial charge in [0.25, 0.3) is 0 Å². The molecule has 1 unspecified atom stereocenters. The first kappa shape index (κ1) is 15.0. The van der Waals surface area contributed by atoms with Gasteiger partial charge in [-0.3, -0.25) is 4.79 Å². The SMILES string of the molecule is COCCNC(=O)CNC(C)c1cccc(Cl)c1. The van der Waals surface area contributed by atoms with E-state index in [1.807, 2.05) is 31.2 Å². The van der Waals surface area contributed by atoms with E-state index in [0.29, 0.717) is 18.2 Å². The van der Waals surface area contributed by atoms with Gasteiger partial charge in [-0.05, 0) is 24.6 Å². The van der Waals surface area contributed by atoms with Gasteiger partial charge in [-0.2, -0.15) is 0 Å². The number of nitrogens with one attached hydrogen (secondary N) is 2. The Hall–Kier alpha value is -1.10. The smallest absolute Gasteiger partial charge is 0.234 e. The molecule has 4 nitrogen and oxygen atoms in total. The highest BCUT2D eigenvalue weighted by atomic mass is 35.5. The first-order valence-corrected chi connectivity index (χ1v) is 6.25. The van der Waals surface area contributed by atoms with Gasteiger partial charge >= 0.3 is 0 Å². The summed E-state index contributed by atoms with van der Waals surface area (Å²) in [6.07, 6.45) is 0. The number of hydrogen-bond donors (Lipinski definition) is 2. The average molecular weight is 271 g/mol. The zero-order chi connectivity index (χ0) is 13.4. The molecule has 0 radical (unpaired) electrons. The summed E-state index contributed by atoms with van der Waals surface area (Å²) in [4.78, 5) is 11.5. The molecule has 0 fully saturated rings. The zero-order valence-corrected chi connectivity index (χ0v) is 11.5. The van der Waals surface area contributed by atoms with Crippen LogP contribution in [-0.2, 0) is 9.53 Å². The van der Waals surface area contributed by atoms with Gasteiger partial charge in [-0.25, -0.2) is 0 Å². The number of carbonyl (C=O) groups is 1. The molecule has 1 amide bonds. The summed E-state index contributed by atoms with van der Waals surface area (Å²) in [7, 11) is 1.60. The largest absolute Gasteiger partial charge is 0.383 e. The molecule has 0 aromatic heterocycles. The highest BCUT2D eigenvalue weighted by Gasteiger charge is 2.07. The molecule has 2 N–H and O–H groups in total. The molecule has 0 bridgehead atoms. The van der Waals surface area contributed by atoms with Crippen LogP contribution in [0.25, 0.3) is 0 Å². The van der Waals surface area contributed by atoms with Crippen molar-refractivity contribution in [1.29, 1.82) is 0 Å². The van der Waals surface area contributed by atoms with Gasteiger partial charge in [0.05, 0.1) is 13.2 Å². The van der Waals surface area contributed by atoms with Crippen LogP contribution in [0.4, 0.5) is 0 Å². The van der Waals surface area contributed by atoms with Crippen LogP contribution in [-0.4, -0.2) is 32.7 Å². The third-order valence-corrected chi connectivity index (χ3v) is 2.78. The monoisotopic (exact) mass is 270 g/mol. The second-order valence-corrected chi connectivity index (χ2v) is 4.44. The number of amides is 1. The van der Waals surface area contributed by atoms with Crippen molar-refractivity contribution < 1.29 is 9.53 Å². The second kappa shape index (κ2) is 8.08. The van der Waals surface area contributed by atoms with Crippen LogP contribution >= 0.6 is 11.6 Å². The van der Waals surface area contributed by atoms with Crippen molar-refractivity contribution in [3.8, 4) is 0 Å². The molecular formula is C13H19ClN2O2. The number of methoxy groups -OCH3 is 1. The van der Waals surface area contributed by atoms with Gasteiger partial charge in [0.2, 0.25) is 5.91 Å². The van der Waals surface area contributed by atoms with Crippen LogP contribution in [0.15, 0.2) is 24.3 Å². The van der Waals surface area contributed by atoms with Gasteiger partial charge in [0.1, 0.15) is 0 Å². The van der Waals surface area contributed by atoms with Crippen LogP contribution in [0.5, 0.6) is 0 Å². The molecule has 18 heavy (non-hydrogen) atoms. The molecule has 1 rings (SSSR count). The van der Waals surface area contributed by atoms with Crippen LogP contribution in [0, 0.1) is 0 Å². The number of hydrogen-bond acceptors (Lipinski definition) is 3. The number of ether oxygens (including phenoxy) is 1. The fourth-order valence-corrected chi connectivity index (χ4v) is 1.69. The molecule has 0 spiro atoms. The maximum atomic E-state index is 11.5. The maximum Gasteiger partial charge on any atom is 0.234 e. The fraction of sp³-hybridized carbons (Fsp3) is 0.462. The molecule has 0 saturated heterocycles. The van der Waals surface area contributed by atoms with E-state index < -0.39 is 0 Å². The van der Waals surface area contributed by atoms with Gasteiger partial charge in [-0.15, -0.1) is 0 Å². The molecule has 0 aliphatic heterocycles. The van der Waals surface area contributed by atoms with Gasteiger partial charge in [-0.1, -0.05) is 23.7 Å². The van der Waals surface area contributed by atoms with Crippen LogP contribution < -0.4 is 10.6 Å². The molecule has 1 atom stereocenters. The van der Waals surface area contributed by atoms with Crippen molar-refractivity contribution in [3.05, 3.63) is 34.9 Å². The third-order valence-electron chi connectivity index (χ3n) is 2.55. The maximum absolute atomic E-state index is 11.5. The molecule has 0 saturated carbocycles. The predicted octanol–water partition coefficient (Wildman–Crippen LogP) is 1.75. The minimum Gasteiger partial charge on any atom is -0.383 e. The Bertz CT molecular complexity index is 385. The topological polar surface area (TPSA) is 50.4 Å². The summed E-state index contributed by atoms with van der Waals surface area (Å²) in [6.45, 7) is 3.32. The molecule has 0 aliphatic rings. The van der Waals surface area contributed by atoms with Crippen LogP contribution in [0.1, 0.15) is 18.5 Å². The highest BCUT2D eigenvalue weighted by molar-refractivity contribution is 6.30. The Labute approximate surface area is 113 Å². The van der Waals surface area contributed by atoms with Crippen molar-refractivity contribution in [2.24, 2.45) is 0 Å². The lowest BCUT2D eigenvalue weighted by atomic mass is 10.1. The third kappa shape index (κ3) is 5.49. The molecule has 1 aromatic carbocycles. The van der Waals surface area contributed by atoms with E-state index in [4.69, 9.17) is 16.3 Å². The number of rotatable bonds is 7. The van der Waals surface area contributed by atoms with E-state index in [2.05, 4.69) is 10.6 Å². The summed E-state index contributed by atoms with van der Waals surface area (Å²) in [5.41, 5.74) is 1.06. The van der Waals surface area contributed by atoms with Crippen molar-refractivity contribution in [2.45, 2.75) is 13.0 Å². The van der Waals surface area contributed by atoms with E-state index in [-0.39, 0.29) is 18.5 Å². The van der Waals surface area contributed by atoms with Gasteiger partial charge < -0.3 is 15.4 Å². The first-order valence-electron chi connectivity index (χ1n) is 5.88. The van der Waals surface area contributed by atoms with E-state index in [1.54, 1.807) is 7.11 Å². The fourth-order valence-electron chi connectivity index (χ4n) is 1.49. The Morgan fingerprint density at radius 1 is 1.50 bits per heavy atom. The molecule has 0 heterocycles. The normalized spacial score (nSPS) is 12.2. The Kier molecular flexibility index (Phi) is 6.72. The summed E-state index contributed by atoms with van der Waals surface area (Å²) >= 11 is 5.92. The van der Waals surface area contributed by atoms with Gasteiger partial charge in [0, 0.05) is 24.7 Å². The molecule has 0 aliphatic carbocycles. The predicted molar refractivity (Wildman–Crippen MR) is 72.8 cm³/mol. The van der Waals surface area contributed by atoms with E-state index in [0.717, 1.165) is 5.56 Å². The van der Waals surface area contributed by atoms with Gasteiger partial charge in [0.15, 0.2) is 0 Å². The van der Waals surface area contributed by atoms with E-state index in [1.165, 1.54) is 0 Å². The summed E-state index contributed by atoms with van der Waals surface area (Å²) in [6, 6.07) is 7.68. The minimum atomic E-state index is -0.0408.